The van der Waals surface area contributed by atoms with E-state index >= 15 is 0 Å². The monoisotopic (exact) mass is 513 g/mol. The molecule has 7 heteroatoms. The lowest BCUT2D eigenvalue weighted by Crippen LogP contribution is -2.27. The Hall–Kier alpha value is -2.54. The van der Waals surface area contributed by atoms with Crippen molar-refractivity contribution in [1.82, 2.24) is 4.90 Å². The number of hydrogen-bond acceptors (Lipinski definition) is 4. The van der Waals surface area contributed by atoms with Crippen LogP contribution in [-0.4, -0.2) is 16.0 Å². The first-order valence-corrected chi connectivity index (χ1v) is 11.4. The number of amides is 2. The molecule has 0 spiro atoms. The van der Waals surface area contributed by atoms with Crippen molar-refractivity contribution in [3.63, 3.8) is 0 Å². The van der Waals surface area contributed by atoms with Gasteiger partial charge in [-0.05, 0) is 64.9 Å². The third kappa shape index (κ3) is 5.39. The summed E-state index contributed by atoms with van der Waals surface area (Å²) in [4.78, 5) is 26.8. The molecule has 0 unspecified atom stereocenters. The standard InChI is InChI=1S/C24H17BrClNO3S/c25-19-10-8-16(9-11-19)15-30-20-6-3-4-17(12-20)13-22-23(28)27(24(29)31-22)14-18-5-1-2-7-21(18)26/h1-13H,14-15H2/b22-13-. The number of halogens is 2. The summed E-state index contributed by atoms with van der Waals surface area (Å²) in [5, 5.41) is 0.222. The first kappa shape index (κ1) is 21.7. The summed E-state index contributed by atoms with van der Waals surface area (Å²) in [6.07, 6.45) is 1.71. The SMILES string of the molecule is O=C1S/C(=C\c2cccc(OCc3ccc(Br)cc3)c2)C(=O)N1Cc1ccccc1Cl. The number of nitrogens with zero attached hydrogens (tertiary/aromatic N) is 1. The van der Waals surface area contributed by atoms with Crippen LogP contribution in [0.1, 0.15) is 16.7 Å². The van der Waals surface area contributed by atoms with Gasteiger partial charge in [0.1, 0.15) is 12.4 Å². The minimum absolute atomic E-state index is 0.151. The number of rotatable bonds is 6. The normalized spacial score (nSPS) is 15.0. The molecular formula is C24H17BrClNO3S. The number of thioether (sulfide) groups is 1. The summed E-state index contributed by atoms with van der Waals surface area (Å²) in [6.45, 7) is 0.586. The van der Waals surface area contributed by atoms with Gasteiger partial charge in [0.05, 0.1) is 11.4 Å². The molecule has 1 aliphatic rings. The van der Waals surface area contributed by atoms with Crippen LogP contribution in [0.4, 0.5) is 4.79 Å². The molecular weight excluding hydrogens is 498 g/mol. The van der Waals surface area contributed by atoms with Gasteiger partial charge in [-0.1, -0.05) is 70.0 Å². The van der Waals surface area contributed by atoms with Crippen LogP contribution in [0.25, 0.3) is 6.08 Å². The van der Waals surface area contributed by atoms with E-state index in [0.717, 1.165) is 32.9 Å². The molecule has 0 aliphatic carbocycles. The van der Waals surface area contributed by atoms with Crippen LogP contribution in [0.5, 0.6) is 5.75 Å². The van der Waals surface area contributed by atoms with Gasteiger partial charge in [0.15, 0.2) is 0 Å². The summed E-state index contributed by atoms with van der Waals surface area (Å²) in [5.41, 5.74) is 2.57. The van der Waals surface area contributed by atoms with E-state index < -0.39 is 0 Å². The predicted molar refractivity (Wildman–Crippen MR) is 128 cm³/mol. The summed E-state index contributed by atoms with van der Waals surface area (Å²) in [6, 6.07) is 22.5. The number of imide groups is 1. The highest BCUT2D eigenvalue weighted by molar-refractivity contribution is 9.10. The lowest BCUT2D eigenvalue weighted by atomic mass is 10.2. The van der Waals surface area contributed by atoms with E-state index in [9.17, 15) is 9.59 Å². The number of carbonyl (C=O) groups excluding carboxylic acids is 2. The minimum atomic E-state index is -0.323. The van der Waals surface area contributed by atoms with Crippen molar-refractivity contribution in [2.75, 3.05) is 0 Å². The van der Waals surface area contributed by atoms with Crippen molar-refractivity contribution >= 4 is 56.5 Å². The van der Waals surface area contributed by atoms with Crippen molar-refractivity contribution in [1.29, 1.82) is 0 Å². The molecule has 0 radical (unpaired) electrons. The molecule has 3 aromatic carbocycles. The van der Waals surface area contributed by atoms with Crippen molar-refractivity contribution < 1.29 is 14.3 Å². The van der Waals surface area contributed by atoms with Crippen LogP contribution in [-0.2, 0) is 17.9 Å². The van der Waals surface area contributed by atoms with E-state index in [1.54, 1.807) is 12.1 Å². The van der Waals surface area contributed by atoms with E-state index in [1.807, 2.05) is 66.7 Å². The van der Waals surface area contributed by atoms with Gasteiger partial charge in [-0.2, -0.15) is 0 Å². The maximum absolute atomic E-state index is 12.8. The fourth-order valence-corrected chi connectivity index (χ4v) is 4.32. The second kappa shape index (κ2) is 9.73. The van der Waals surface area contributed by atoms with Gasteiger partial charge in [-0.25, -0.2) is 0 Å². The average Bonchev–Trinajstić information content (AvgIpc) is 3.02. The van der Waals surface area contributed by atoms with Gasteiger partial charge in [-0.3, -0.25) is 14.5 Å². The Morgan fingerprint density at radius 2 is 1.77 bits per heavy atom. The van der Waals surface area contributed by atoms with Crippen molar-refractivity contribution in [3.05, 3.63) is 104 Å². The second-order valence-corrected chi connectivity index (χ2v) is 9.16. The summed E-state index contributed by atoms with van der Waals surface area (Å²) in [5.74, 6) is 0.364. The molecule has 0 atom stereocenters. The van der Waals surface area contributed by atoms with Crippen LogP contribution >= 0.6 is 39.3 Å². The molecule has 0 aromatic heterocycles. The number of carbonyl (C=O) groups is 2. The largest absolute Gasteiger partial charge is 0.489 e. The molecule has 1 saturated heterocycles. The molecule has 4 rings (SSSR count). The summed E-state index contributed by atoms with van der Waals surface area (Å²) >= 11 is 10.5. The zero-order valence-corrected chi connectivity index (χ0v) is 19.4. The molecule has 1 fully saturated rings. The first-order valence-electron chi connectivity index (χ1n) is 9.46. The molecule has 156 valence electrons. The summed E-state index contributed by atoms with van der Waals surface area (Å²) in [7, 11) is 0. The highest BCUT2D eigenvalue weighted by atomic mass is 79.9. The van der Waals surface area contributed by atoms with Crippen LogP contribution in [0.2, 0.25) is 5.02 Å². The molecule has 0 N–H and O–H groups in total. The molecule has 0 saturated carbocycles. The van der Waals surface area contributed by atoms with Crippen LogP contribution in [0.15, 0.2) is 82.2 Å². The minimum Gasteiger partial charge on any atom is -0.489 e. The first-order chi connectivity index (χ1) is 15.0. The third-order valence-electron chi connectivity index (χ3n) is 4.63. The van der Waals surface area contributed by atoms with E-state index in [2.05, 4.69) is 15.9 Å². The van der Waals surface area contributed by atoms with Gasteiger partial charge in [0.2, 0.25) is 0 Å². The smallest absolute Gasteiger partial charge is 0.293 e. The van der Waals surface area contributed by atoms with Crippen LogP contribution < -0.4 is 4.74 Å². The molecule has 3 aromatic rings. The third-order valence-corrected chi connectivity index (χ3v) is 6.44. The number of benzene rings is 3. The van der Waals surface area contributed by atoms with Crippen molar-refractivity contribution in [3.8, 4) is 5.75 Å². The van der Waals surface area contributed by atoms with Gasteiger partial charge >= 0.3 is 0 Å². The molecule has 2 amide bonds. The lowest BCUT2D eigenvalue weighted by Gasteiger charge is -2.13. The van der Waals surface area contributed by atoms with Gasteiger partial charge in [-0.15, -0.1) is 0 Å². The number of ether oxygens (including phenoxy) is 1. The molecule has 31 heavy (non-hydrogen) atoms. The van der Waals surface area contributed by atoms with Crippen LogP contribution in [0, 0.1) is 0 Å². The Bertz CT molecular complexity index is 1160. The Labute approximate surface area is 198 Å². The Morgan fingerprint density at radius 3 is 2.55 bits per heavy atom. The Kier molecular flexibility index (Phi) is 6.80. The zero-order valence-electron chi connectivity index (χ0n) is 16.3. The van der Waals surface area contributed by atoms with Gasteiger partial charge in [0.25, 0.3) is 11.1 Å². The zero-order chi connectivity index (χ0) is 21.8. The quantitative estimate of drug-likeness (QED) is 0.335. The fraction of sp³-hybridized carbons (Fsp3) is 0.0833. The summed E-state index contributed by atoms with van der Waals surface area (Å²) < 4.78 is 6.89. The van der Waals surface area contributed by atoms with E-state index in [-0.39, 0.29) is 17.7 Å². The van der Waals surface area contributed by atoms with Gasteiger partial charge in [0, 0.05) is 9.50 Å². The molecule has 1 heterocycles. The maximum Gasteiger partial charge on any atom is 0.293 e. The fourth-order valence-electron chi connectivity index (χ4n) is 3.03. The van der Waals surface area contributed by atoms with Crippen molar-refractivity contribution in [2.45, 2.75) is 13.2 Å². The number of hydrogen-bond donors (Lipinski definition) is 0. The molecule has 0 bridgehead atoms. The van der Waals surface area contributed by atoms with E-state index in [4.69, 9.17) is 16.3 Å². The van der Waals surface area contributed by atoms with E-state index in [0.29, 0.717) is 22.3 Å². The lowest BCUT2D eigenvalue weighted by molar-refractivity contribution is -0.123. The van der Waals surface area contributed by atoms with E-state index in [1.165, 1.54) is 4.90 Å². The second-order valence-electron chi connectivity index (χ2n) is 6.85. The Balaban J connectivity index is 1.46. The maximum atomic E-state index is 12.8. The predicted octanol–water partition coefficient (Wildman–Crippen LogP) is 6.92. The average molecular weight is 515 g/mol. The van der Waals surface area contributed by atoms with Crippen molar-refractivity contribution in [2.24, 2.45) is 0 Å². The highest BCUT2D eigenvalue weighted by Gasteiger charge is 2.35. The topological polar surface area (TPSA) is 46.6 Å². The molecule has 1 aliphatic heterocycles. The highest BCUT2D eigenvalue weighted by Crippen LogP contribution is 2.34. The van der Waals surface area contributed by atoms with Gasteiger partial charge < -0.3 is 4.74 Å². The Morgan fingerprint density at radius 1 is 1.00 bits per heavy atom. The van der Waals surface area contributed by atoms with Crippen LogP contribution in [0.3, 0.4) is 0 Å². The molecule has 4 nitrogen and oxygen atoms in total.